The molecule has 0 heterocycles. The van der Waals surface area contributed by atoms with Gasteiger partial charge >= 0.3 is 10.1 Å². The summed E-state index contributed by atoms with van der Waals surface area (Å²) in [6.45, 7) is 3.66. The maximum atomic E-state index is 12.6. The van der Waals surface area contributed by atoms with Crippen LogP contribution in [0.5, 0.6) is 5.75 Å². The Hall–Kier alpha value is -3.12. The van der Waals surface area contributed by atoms with Crippen LogP contribution >= 0.6 is 0 Å². The Labute approximate surface area is 165 Å². The Kier molecular flexibility index (Phi) is 5.80. The van der Waals surface area contributed by atoms with Crippen LogP contribution in [0.2, 0.25) is 0 Å². The van der Waals surface area contributed by atoms with Crippen LogP contribution in [0.4, 0.5) is 0 Å². The molecular weight excluding hydrogens is 374 g/mol. The highest BCUT2D eigenvalue weighted by Crippen LogP contribution is 2.28. The third-order valence-electron chi connectivity index (χ3n) is 4.28. The second-order valence-electron chi connectivity index (χ2n) is 6.45. The Balaban J connectivity index is 1.82. The molecule has 0 spiro atoms. The highest BCUT2D eigenvalue weighted by atomic mass is 32.2. The van der Waals surface area contributed by atoms with Crippen LogP contribution in [0.25, 0.3) is 0 Å². The SMILES string of the molecule is Cc1ccc(S(=O)(=O)Oc2ccccc2C(C)NC(=O)c2ccccc2)cc1. The zero-order chi connectivity index (χ0) is 20.1. The number of para-hydroxylation sites is 1. The van der Waals surface area contributed by atoms with E-state index in [4.69, 9.17) is 4.18 Å². The summed E-state index contributed by atoms with van der Waals surface area (Å²) in [7, 11) is -3.98. The van der Waals surface area contributed by atoms with Crippen LogP contribution in [0.15, 0.2) is 83.8 Å². The van der Waals surface area contributed by atoms with Crippen molar-refractivity contribution in [1.29, 1.82) is 0 Å². The van der Waals surface area contributed by atoms with Crippen LogP contribution < -0.4 is 9.50 Å². The highest BCUT2D eigenvalue weighted by Gasteiger charge is 2.21. The summed E-state index contributed by atoms with van der Waals surface area (Å²) >= 11 is 0. The lowest BCUT2D eigenvalue weighted by Crippen LogP contribution is -2.27. The topological polar surface area (TPSA) is 72.5 Å². The maximum Gasteiger partial charge on any atom is 0.339 e. The van der Waals surface area contributed by atoms with Crippen molar-refractivity contribution in [3.8, 4) is 5.75 Å². The van der Waals surface area contributed by atoms with Gasteiger partial charge in [0.2, 0.25) is 0 Å². The Morgan fingerprint density at radius 2 is 1.50 bits per heavy atom. The predicted octanol–water partition coefficient (Wildman–Crippen LogP) is 4.25. The predicted molar refractivity (Wildman–Crippen MR) is 108 cm³/mol. The molecule has 3 aromatic rings. The van der Waals surface area contributed by atoms with E-state index in [9.17, 15) is 13.2 Å². The normalized spacial score (nSPS) is 12.2. The Morgan fingerprint density at radius 1 is 0.893 bits per heavy atom. The largest absolute Gasteiger partial charge is 0.379 e. The third-order valence-corrected chi connectivity index (χ3v) is 5.53. The van der Waals surface area contributed by atoms with E-state index in [1.807, 2.05) is 13.0 Å². The van der Waals surface area contributed by atoms with Crippen molar-refractivity contribution in [2.45, 2.75) is 24.8 Å². The monoisotopic (exact) mass is 395 g/mol. The Bertz CT molecular complexity index is 1060. The van der Waals surface area contributed by atoms with Crippen molar-refractivity contribution >= 4 is 16.0 Å². The average molecular weight is 395 g/mol. The fourth-order valence-corrected chi connectivity index (χ4v) is 3.69. The van der Waals surface area contributed by atoms with Gasteiger partial charge in [0.25, 0.3) is 5.91 Å². The molecule has 1 unspecified atom stereocenters. The number of carbonyl (C=O) groups is 1. The summed E-state index contributed by atoms with van der Waals surface area (Å²) in [5, 5.41) is 2.87. The van der Waals surface area contributed by atoms with Crippen molar-refractivity contribution in [2.75, 3.05) is 0 Å². The van der Waals surface area contributed by atoms with Crippen LogP contribution in [-0.2, 0) is 10.1 Å². The first-order valence-electron chi connectivity index (χ1n) is 8.83. The van der Waals surface area contributed by atoms with Crippen molar-refractivity contribution < 1.29 is 17.4 Å². The van der Waals surface area contributed by atoms with Gasteiger partial charge in [0, 0.05) is 11.1 Å². The summed E-state index contributed by atoms with van der Waals surface area (Å²) < 4.78 is 30.6. The fraction of sp³-hybridized carbons (Fsp3) is 0.136. The van der Waals surface area contributed by atoms with Crippen LogP contribution in [0.3, 0.4) is 0 Å². The second-order valence-corrected chi connectivity index (χ2v) is 8.00. The van der Waals surface area contributed by atoms with E-state index in [1.54, 1.807) is 67.6 Å². The van der Waals surface area contributed by atoms with Gasteiger partial charge in [0.1, 0.15) is 10.6 Å². The molecule has 1 atom stereocenters. The molecule has 0 radical (unpaired) electrons. The minimum atomic E-state index is -3.98. The molecule has 0 saturated carbocycles. The molecule has 3 rings (SSSR count). The molecule has 0 fully saturated rings. The second kappa shape index (κ2) is 8.27. The van der Waals surface area contributed by atoms with Crippen molar-refractivity contribution in [1.82, 2.24) is 5.32 Å². The fourth-order valence-electron chi connectivity index (χ4n) is 2.73. The molecule has 3 aromatic carbocycles. The minimum Gasteiger partial charge on any atom is -0.379 e. The molecule has 0 bridgehead atoms. The first-order valence-corrected chi connectivity index (χ1v) is 10.2. The molecule has 28 heavy (non-hydrogen) atoms. The molecule has 1 amide bonds. The first-order chi connectivity index (χ1) is 13.4. The maximum absolute atomic E-state index is 12.6. The molecule has 144 valence electrons. The van der Waals surface area contributed by atoms with E-state index in [0.29, 0.717) is 11.1 Å². The van der Waals surface area contributed by atoms with Gasteiger partial charge in [-0.25, -0.2) is 0 Å². The zero-order valence-electron chi connectivity index (χ0n) is 15.6. The molecule has 0 aromatic heterocycles. The summed E-state index contributed by atoms with van der Waals surface area (Å²) in [4.78, 5) is 12.5. The Morgan fingerprint density at radius 3 is 2.18 bits per heavy atom. The van der Waals surface area contributed by atoms with Gasteiger partial charge in [-0.2, -0.15) is 8.42 Å². The first kappa shape index (κ1) is 19.6. The molecule has 0 aliphatic heterocycles. The van der Waals surface area contributed by atoms with E-state index in [-0.39, 0.29) is 16.6 Å². The average Bonchev–Trinajstić information content (AvgIpc) is 2.69. The van der Waals surface area contributed by atoms with Gasteiger partial charge in [0.05, 0.1) is 6.04 Å². The zero-order valence-corrected chi connectivity index (χ0v) is 16.4. The number of nitrogens with one attached hydrogen (secondary N) is 1. The van der Waals surface area contributed by atoms with Gasteiger partial charge < -0.3 is 9.50 Å². The molecule has 1 N–H and O–H groups in total. The van der Waals surface area contributed by atoms with Gasteiger partial charge in [-0.1, -0.05) is 54.1 Å². The summed E-state index contributed by atoms with van der Waals surface area (Å²) in [5.74, 6) is -0.0618. The van der Waals surface area contributed by atoms with Gasteiger partial charge in [-0.05, 0) is 44.2 Å². The van der Waals surface area contributed by atoms with Gasteiger partial charge in [-0.3, -0.25) is 4.79 Å². The van der Waals surface area contributed by atoms with E-state index >= 15 is 0 Å². The van der Waals surface area contributed by atoms with E-state index in [1.165, 1.54) is 12.1 Å². The van der Waals surface area contributed by atoms with Crippen LogP contribution in [-0.4, -0.2) is 14.3 Å². The molecule has 0 aliphatic carbocycles. The lowest BCUT2D eigenvalue weighted by atomic mass is 10.1. The summed E-state index contributed by atoms with van der Waals surface area (Å²) in [6, 6.07) is 21.6. The van der Waals surface area contributed by atoms with Crippen LogP contribution in [0, 0.1) is 6.92 Å². The number of aryl methyl sites for hydroxylation is 1. The number of benzene rings is 3. The third kappa shape index (κ3) is 4.58. The van der Waals surface area contributed by atoms with E-state index in [2.05, 4.69) is 5.32 Å². The quantitative estimate of drug-likeness (QED) is 0.633. The van der Waals surface area contributed by atoms with Crippen molar-refractivity contribution in [3.05, 3.63) is 95.6 Å². The summed E-state index contributed by atoms with van der Waals surface area (Å²) in [6.07, 6.45) is 0. The molecular formula is C22H21NO4S. The van der Waals surface area contributed by atoms with E-state index < -0.39 is 16.2 Å². The molecule has 0 aliphatic rings. The molecule has 6 heteroatoms. The van der Waals surface area contributed by atoms with Gasteiger partial charge in [0.15, 0.2) is 0 Å². The number of amides is 1. The van der Waals surface area contributed by atoms with Gasteiger partial charge in [-0.15, -0.1) is 0 Å². The van der Waals surface area contributed by atoms with E-state index in [0.717, 1.165) is 5.56 Å². The van der Waals surface area contributed by atoms with Crippen LogP contribution in [0.1, 0.15) is 34.5 Å². The smallest absolute Gasteiger partial charge is 0.339 e. The molecule has 0 saturated heterocycles. The molecule has 5 nitrogen and oxygen atoms in total. The lowest BCUT2D eigenvalue weighted by Gasteiger charge is -2.18. The summed E-state index contributed by atoms with van der Waals surface area (Å²) in [5.41, 5.74) is 2.05. The highest BCUT2D eigenvalue weighted by molar-refractivity contribution is 7.87. The number of hydrogen-bond donors (Lipinski definition) is 1. The standard InChI is InChI=1S/C22H21NO4S/c1-16-12-14-19(15-13-16)28(25,26)27-21-11-7-6-10-20(21)17(2)23-22(24)18-8-4-3-5-9-18/h3-15,17H,1-2H3,(H,23,24). The lowest BCUT2D eigenvalue weighted by molar-refractivity contribution is 0.0939. The number of hydrogen-bond acceptors (Lipinski definition) is 4. The number of rotatable bonds is 6. The van der Waals surface area contributed by atoms with Crippen molar-refractivity contribution in [3.63, 3.8) is 0 Å². The van der Waals surface area contributed by atoms with Crippen molar-refractivity contribution in [2.24, 2.45) is 0 Å². The number of carbonyl (C=O) groups excluding carboxylic acids is 1. The minimum absolute atomic E-state index is 0.0777.